The summed E-state index contributed by atoms with van der Waals surface area (Å²) in [5.41, 5.74) is 1.31. The van der Waals surface area contributed by atoms with Crippen molar-refractivity contribution in [2.24, 2.45) is 0 Å². The number of ether oxygens (including phenoxy) is 1. The van der Waals surface area contributed by atoms with Gasteiger partial charge in [-0.05, 0) is 37.5 Å². The molecule has 4 rings (SSSR count). The molecule has 2 aromatic heterocycles. The molecule has 0 radical (unpaired) electrons. The van der Waals surface area contributed by atoms with Crippen LogP contribution < -0.4 is 10.9 Å². The number of methoxy groups -OCH3 is 1. The van der Waals surface area contributed by atoms with E-state index < -0.39 is 15.9 Å². The second-order valence-corrected chi connectivity index (χ2v) is 11.9. The van der Waals surface area contributed by atoms with E-state index in [1.54, 1.807) is 19.4 Å². The Morgan fingerprint density at radius 1 is 1.36 bits per heavy atom. The molecule has 4 heterocycles. The topological polar surface area (TPSA) is 110 Å². The first-order valence-corrected chi connectivity index (χ1v) is 13.5. The SMILES string of the molecule is COCCCNc1nc2ccc(C)cn2c(=O)c1/C=C1/SC(=S)N(C2CCS(=O)(=O)C2)C1=O. The highest BCUT2D eigenvalue weighted by Gasteiger charge is 2.42. The van der Waals surface area contributed by atoms with E-state index in [1.165, 1.54) is 15.4 Å². The standard InChI is InChI=1S/C21H24N4O5S3/c1-13-4-5-17-23-18(22-7-3-8-30-2)15(19(26)24(17)11-13)10-16-20(27)25(21(31)32-16)14-6-9-33(28,29)12-14/h4-5,10-11,14,22H,3,6-9,12H2,1-2H3/b16-10+. The predicted molar refractivity (Wildman–Crippen MR) is 133 cm³/mol. The van der Waals surface area contributed by atoms with Gasteiger partial charge in [-0.2, -0.15) is 0 Å². The van der Waals surface area contributed by atoms with E-state index in [-0.39, 0.29) is 33.4 Å². The lowest BCUT2D eigenvalue weighted by atomic mass is 10.2. The Morgan fingerprint density at radius 3 is 2.85 bits per heavy atom. The molecule has 2 aromatic rings. The van der Waals surface area contributed by atoms with Crippen LogP contribution >= 0.6 is 24.0 Å². The molecule has 2 saturated heterocycles. The van der Waals surface area contributed by atoms with Crippen molar-refractivity contribution in [3.8, 4) is 0 Å². The van der Waals surface area contributed by atoms with Gasteiger partial charge in [0, 0.05) is 26.5 Å². The molecule has 0 bridgehead atoms. The fraction of sp³-hybridized carbons (Fsp3) is 0.429. The Labute approximate surface area is 201 Å². The van der Waals surface area contributed by atoms with Gasteiger partial charge < -0.3 is 10.1 Å². The second-order valence-electron chi connectivity index (χ2n) is 8.00. The lowest BCUT2D eigenvalue weighted by Gasteiger charge is -2.20. The first kappa shape index (κ1) is 23.9. The third kappa shape index (κ3) is 4.98. The summed E-state index contributed by atoms with van der Waals surface area (Å²) < 4.78 is 30.6. The minimum atomic E-state index is -3.18. The number of aromatic nitrogens is 2. The van der Waals surface area contributed by atoms with Crippen molar-refractivity contribution in [2.75, 3.05) is 37.1 Å². The van der Waals surface area contributed by atoms with Crippen LogP contribution in [0.5, 0.6) is 0 Å². The zero-order valence-electron chi connectivity index (χ0n) is 18.2. The van der Waals surface area contributed by atoms with E-state index in [0.717, 1.165) is 17.3 Å². The molecule has 9 nitrogen and oxygen atoms in total. The van der Waals surface area contributed by atoms with Crippen LogP contribution in [0.15, 0.2) is 28.0 Å². The molecule has 176 valence electrons. The van der Waals surface area contributed by atoms with Crippen molar-refractivity contribution >= 4 is 61.6 Å². The van der Waals surface area contributed by atoms with Gasteiger partial charge in [0.25, 0.3) is 11.5 Å². The van der Waals surface area contributed by atoms with Crippen LogP contribution in [0.3, 0.4) is 0 Å². The Kier molecular flexibility index (Phi) is 6.89. The molecule has 1 amide bonds. The minimum Gasteiger partial charge on any atom is -0.385 e. The van der Waals surface area contributed by atoms with Crippen LogP contribution in [0.1, 0.15) is 24.0 Å². The van der Waals surface area contributed by atoms with Crippen LogP contribution in [0.2, 0.25) is 0 Å². The van der Waals surface area contributed by atoms with Crippen molar-refractivity contribution in [2.45, 2.75) is 25.8 Å². The summed E-state index contributed by atoms with van der Waals surface area (Å²) in [6, 6.07) is 3.16. The maximum atomic E-state index is 13.4. The van der Waals surface area contributed by atoms with Crippen molar-refractivity contribution < 1.29 is 17.9 Å². The number of carbonyl (C=O) groups is 1. The number of hydrogen-bond acceptors (Lipinski definition) is 9. The number of aryl methyl sites for hydroxylation is 1. The fourth-order valence-corrected chi connectivity index (χ4v) is 6.93. The molecule has 33 heavy (non-hydrogen) atoms. The molecule has 0 spiro atoms. The maximum absolute atomic E-state index is 13.4. The molecule has 1 N–H and O–H groups in total. The number of pyridine rings is 1. The summed E-state index contributed by atoms with van der Waals surface area (Å²) in [5.74, 6) is -0.0725. The highest BCUT2D eigenvalue weighted by Crippen LogP contribution is 2.36. The van der Waals surface area contributed by atoms with Gasteiger partial charge >= 0.3 is 0 Å². The van der Waals surface area contributed by atoms with Gasteiger partial charge in [-0.1, -0.05) is 30.0 Å². The third-order valence-electron chi connectivity index (χ3n) is 5.50. The Morgan fingerprint density at radius 2 is 2.15 bits per heavy atom. The Balaban J connectivity index is 1.73. The summed E-state index contributed by atoms with van der Waals surface area (Å²) in [4.78, 5) is 32.7. The van der Waals surface area contributed by atoms with Gasteiger partial charge in [-0.3, -0.25) is 18.9 Å². The number of nitrogens with one attached hydrogen (secondary N) is 1. The van der Waals surface area contributed by atoms with E-state index >= 15 is 0 Å². The molecular formula is C21H24N4O5S3. The average molecular weight is 509 g/mol. The van der Waals surface area contributed by atoms with E-state index in [9.17, 15) is 18.0 Å². The number of sulfone groups is 1. The third-order valence-corrected chi connectivity index (χ3v) is 8.58. The minimum absolute atomic E-state index is 0.0403. The van der Waals surface area contributed by atoms with Crippen LogP contribution in [-0.2, 0) is 19.4 Å². The van der Waals surface area contributed by atoms with E-state index in [4.69, 9.17) is 17.0 Å². The molecule has 2 aliphatic heterocycles. The van der Waals surface area contributed by atoms with Crippen LogP contribution in [-0.4, -0.2) is 70.7 Å². The second kappa shape index (κ2) is 9.53. The van der Waals surface area contributed by atoms with Crippen molar-refractivity contribution in [3.63, 3.8) is 0 Å². The van der Waals surface area contributed by atoms with Gasteiger partial charge in [-0.25, -0.2) is 13.4 Å². The average Bonchev–Trinajstić information content (AvgIpc) is 3.25. The number of anilines is 1. The maximum Gasteiger partial charge on any atom is 0.267 e. The first-order chi connectivity index (χ1) is 15.7. The molecule has 0 aliphatic carbocycles. The highest BCUT2D eigenvalue weighted by molar-refractivity contribution is 8.26. The number of thioether (sulfide) groups is 1. The van der Waals surface area contributed by atoms with Gasteiger partial charge in [0.1, 0.15) is 15.8 Å². The molecule has 1 unspecified atom stereocenters. The first-order valence-electron chi connectivity index (χ1n) is 10.4. The Hall–Kier alpha value is -2.28. The number of nitrogens with zero attached hydrogens (tertiary/aromatic N) is 3. The molecule has 0 aromatic carbocycles. The van der Waals surface area contributed by atoms with Gasteiger partial charge in [0.05, 0.1) is 28.0 Å². The van der Waals surface area contributed by atoms with Gasteiger partial charge in [-0.15, -0.1) is 0 Å². The lowest BCUT2D eigenvalue weighted by molar-refractivity contribution is -0.123. The molecule has 2 fully saturated rings. The summed E-state index contributed by atoms with van der Waals surface area (Å²) in [7, 11) is -1.56. The van der Waals surface area contributed by atoms with Crippen molar-refractivity contribution in [1.82, 2.24) is 14.3 Å². The number of rotatable bonds is 7. The van der Waals surface area contributed by atoms with Gasteiger partial charge in [0.2, 0.25) is 0 Å². The Bertz CT molecular complexity index is 1320. The smallest absolute Gasteiger partial charge is 0.267 e. The zero-order chi connectivity index (χ0) is 23.8. The predicted octanol–water partition coefficient (Wildman–Crippen LogP) is 1.84. The van der Waals surface area contributed by atoms with Crippen LogP contribution in [0.25, 0.3) is 11.7 Å². The fourth-order valence-electron chi connectivity index (χ4n) is 3.85. The van der Waals surface area contributed by atoms with Crippen molar-refractivity contribution in [3.05, 3.63) is 44.7 Å². The van der Waals surface area contributed by atoms with E-state index in [2.05, 4.69) is 10.3 Å². The van der Waals surface area contributed by atoms with Crippen LogP contribution in [0.4, 0.5) is 5.82 Å². The van der Waals surface area contributed by atoms with Gasteiger partial charge in [0.15, 0.2) is 9.84 Å². The largest absolute Gasteiger partial charge is 0.385 e. The molecule has 12 heteroatoms. The van der Waals surface area contributed by atoms with E-state index in [1.807, 2.05) is 13.0 Å². The van der Waals surface area contributed by atoms with Crippen molar-refractivity contribution in [1.29, 1.82) is 0 Å². The number of thiocarbonyl (C=S) groups is 1. The summed E-state index contributed by atoms with van der Waals surface area (Å²) in [6.45, 7) is 2.96. The summed E-state index contributed by atoms with van der Waals surface area (Å²) in [6.07, 6.45) is 4.27. The summed E-state index contributed by atoms with van der Waals surface area (Å²) in [5, 5.41) is 3.18. The molecule has 1 atom stereocenters. The normalized spacial score (nSPS) is 21.5. The lowest BCUT2D eigenvalue weighted by Crippen LogP contribution is -2.39. The molecule has 0 saturated carbocycles. The quantitative estimate of drug-likeness (QED) is 0.340. The number of carbonyl (C=O) groups excluding carboxylic acids is 1. The van der Waals surface area contributed by atoms with Crippen LogP contribution in [0, 0.1) is 6.92 Å². The monoisotopic (exact) mass is 508 g/mol. The molecule has 2 aliphatic rings. The van der Waals surface area contributed by atoms with E-state index in [0.29, 0.717) is 41.8 Å². The zero-order valence-corrected chi connectivity index (χ0v) is 20.7. The number of amides is 1. The summed E-state index contributed by atoms with van der Waals surface area (Å²) >= 11 is 6.46. The number of hydrogen-bond donors (Lipinski definition) is 1. The molecular weight excluding hydrogens is 484 g/mol. The highest BCUT2D eigenvalue weighted by atomic mass is 32.2. The number of fused-ring (bicyclic) bond motifs is 1.